The number of primary sulfonamides is 1. The molecule has 0 unspecified atom stereocenters. The average molecular weight is 830 g/mol. The molecular weight excluding hydrogens is 786 g/mol. The largest absolute Gasteiger partial charge is 0.388 e. The topological polar surface area (TPSA) is 244 Å². The number of urea groups is 1. The molecule has 1 saturated heterocycles. The number of nitrogens with two attached hydrogens (primary N) is 1. The van der Waals surface area contributed by atoms with E-state index in [4.69, 9.17) is 20.1 Å². The summed E-state index contributed by atoms with van der Waals surface area (Å²) >= 11 is 0. The second kappa shape index (κ2) is 17.0. The predicted molar refractivity (Wildman–Crippen MR) is 218 cm³/mol. The molecule has 58 heavy (non-hydrogen) atoms. The maximum absolute atomic E-state index is 13.0. The summed E-state index contributed by atoms with van der Waals surface area (Å²) < 4.78 is 25.0. The van der Waals surface area contributed by atoms with Gasteiger partial charge in [0.05, 0.1) is 17.3 Å². The van der Waals surface area contributed by atoms with Crippen LogP contribution >= 0.6 is 12.4 Å². The van der Waals surface area contributed by atoms with E-state index in [2.05, 4.69) is 55.6 Å². The molecule has 5 atom stereocenters. The Balaban J connectivity index is 0.00000512. The Labute approximate surface area is 340 Å². The van der Waals surface area contributed by atoms with E-state index < -0.39 is 40.3 Å². The normalized spacial score (nSPS) is 20.6. The lowest BCUT2D eigenvalue weighted by atomic mass is 9.91. The summed E-state index contributed by atoms with van der Waals surface area (Å²) in [4.78, 5) is 31.0. The van der Waals surface area contributed by atoms with E-state index in [1.54, 1.807) is 10.9 Å². The number of amides is 2. The highest BCUT2D eigenvalue weighted by atomic mass is 35.5. The van der Waals surface area contributed by atoms with Gasteiger partial charge >= 0.3 is 6.03 Å². The number of sulfonamides is 1. The van der Waals surface area contributed by atoms with Crippen LogP contribution in [0.3, 0.4) is 0 Å². The molecule has 8 rings (SSSR count). The number of aliphatic hydroxyl groups excluding tert-OH is 2. The summed E-state index contributed by atoms with van der Waals surface area (Å²) in [5, 5.41) is 49.7. The van der Waals surface area contributed by atoms with Gasteiger partial charge in [-0.05, 0) is 53.4 Å². The maximum Gasteiger partial charge on any atom is 0.319 e. The SMILES string of the molecule is CCc1nnn([C@H]2C[C@@H](n3cnc4c(NCC(c5ccccc5)c5ccccc5)nc(N5CC[C@@H](NC(=O)Nc6ccc(S(N)(=O)=O)cc6)C5)nc43)[C@H](O)[C@@H]2O)n1.Cl. The molecule has 4 heterocycles. The predicted octanol–water partition coefficient (Wildman–Crippen LogP) is 3.00. The van der Waals surface area contributed by atoms with Gasteiger partial charge in [-0.2, -0.15) is 14.8 Å². The molecule has 1 saturated carbocycles. The third-order valence-corrected chi connectivity index (χ3v) is 11.5. The van der Waals surface area contributed by atoms with E-state index in [0.717, 1.165) is 11.1 Å². The monoisotopic (exact) mass is 829 g/mol. The van der Waals surface area contributed by atoms with Crippen molar-refractivity contribution < 1.29 is 23.4 Å². The molecule has 2 amide bonds. The van der Waals surface area contributed by atoms with Gasteiger partial charge in [0, 0.05) is 43.7 Å². The van der Waals surface area contributed by atoms with Crippen molar-refractivity contribution >= 4 is 57.1 Å². The van der Waals surface area contributed by atoms with Gasteiger partial charge in [0.1, 0.15) is 18.2 Å². The zero-order valence-electron chi connectivity index (χ0n) is 31.4. The Hall–Kier alpha value is -5.73. The first-order valence-corrected chi connectivity index (χ1v) is 20.3. The van der Waals surface area contributed by atoms with Crippen LogP contribution in [0.1, 0.15) is 54.7 Å². The third kappa shape index (κ3) is 8.44. The zero-order chi connectivity index (χ0) is 39.7. The molecular formula is C38H44ClN13O5S. The molecule has 20 heteroatoms. The number of carbonyl (C=O) groups is 1. The van der Waals surface area contributed by atoms with E-state index in [9.17, 15) is 23.4 Å². The molecule has 1 aliphatic heterocycles. The lowest BCUT2D eigenvalue weighted by molar-refractivity contribution is 0.00473. The van der Waals surface area contributed by atoms with Gasteiger partial charge < -0.3 is 35.6 Å². The number of fused-ring (bicyclic) bond motifs is 1. The van der Waals surface area contributed by atoms with Crippen LogP contribution in [-0.4, -0.2) is 102 Å². The summed E-state index contributed by atoms with van der Waals surface area (Å²) in [6, 6.07) is 24.1. The second-order valence-electron chi connectivity index (χ2n) is 14.3. The van der Waals surface area contributed by atoms with E-state index >= 15 is 0 Å². The standard InChI is InChI=1S/C38H43N13O5S.ClH/c1-2-31-46-48-51(47-31)30-19-29(33(52)34(30)53)50-22-41-32-35(40-20-28(23-9-5-3-6-10-23)24-11-7-4-8-12-24)44-37(45-36(32)50)49-18-17-26(21-49)43-38(54)42-25-13-15-27(16-14-25)57(39,55)56;/h3-16,22,26,28-30,33-34,52-53H,2,17-21H2,1H3,(H2,39,55,56)(H,40,44,45)(H2,42,43,54);1H/t26-,29-,30+,33+,34-;/m1./s1. The molecule has 6 aromatic rings. The number of tetrazole rings is 1. The highest BCUT2D eigenvalue weighted by Crippen LogP contribution is 2.40. The van der Waals surface area contributed by atoms with Crippen molar-refractivity contribution in [2.75, 3.05) is 35.2 Å². The summed E-state index contributed by atoms with van der Waals surface area (Å²) in [5.41, 5.74) is 3.62. The van der Waals surface area contributed by atoms with Crippen LogP contribution < -0.4 is 26.0 Å². The first-order valence-electron chi connectivity index (χ1n) is 18.7. The first-order chi connectivity index (χ1) is 27.6. The Morgan fingerprint density at radius 2 is 1.62 bits per heavy atom. The smallest absolute Gasteiger partial charge is 0.319 e. The number of hydrogen-bond acceptors (Lipinski definition) is 13. The van der Waals surface area contributed by atoms with Crippen molar-refractivity contribution in [2.45, 2.75) is 67.3 Å². The molecule has 7 N–H and O–H groups in total. The molecule has 3 aromatic heterocycles. The van der Waals surface area contributed by atoms with Crippen LogP contribution in [0.25, 0.3) is 11.2 Å². The molecule has 304 valence electrons. The maximum atomic E-state index is 13.0. The van der Waals surface area contributed by atoms with Gasteiger partial charge in [-0.15, -0.1) is 22.6 Å². The highest BCUT2D eigenvalue weighted by Gasteiger charge is 2.45. The number of carbonyl (C=O) groups excluding carboxylic acids is 1. The van der Waals surface area contributed by atoms with E-state index in [-0.39, 0.29) is 29.3 Å². The van der Waals surface area contributed by atoms with Gasteiger partial charge in [0.15, 0.2) is 22.8 Å². The van der Waals surface area contributed by atoms with Crippen LogP contribution in [0.5, 0.6) is 0 Å². The molecule has 0 spiro atoms. The number of nitrogens with one attached hydrogen (secondary N) is 3. The fraction of sp³-hybridized carbons (Fsp3) is 0.342. The van der Waals surface area contributed by atoms with E-state index in [1.807, 2.05) is 48.2 Å². The van der Waals surface area contributed by atoms with Gasteiger partial charge in [-0.1, -0.05) is 67.6 Å². The van der Waals surface area contributed by atoms with Gasteiger partial charge in [-0.3, -0.25) is 0 Å². The van der Waals surface area contributed by atoms with Gasteiger partial charge in [0.2, 0.25) is 16.0 Å². The van der Waals surface area contributed by atoms with E-state index in [0.29, 0.717) is 73.3 Å². The second-order valence-corrected chi connectivity index (χ2v) is 15.8. The quantitative estimate of drug-likeness (QED) is 0.104. The number of imidazole rings is 1. The van der Waals surface area contributed by atoms with Crippen LogP contribution in [0, 0.1) is 0 Å². The van der Waals surface area contributed by atoms with Crippen molar-refractivity contribution in [1.82, 2.24) is 45.0 Å². The van der Waals surface area contributed by atoms with Crippen LogP contribution in [-0.2, 0) is 16.4 Å². The molecule has 1 aliphatic carbocycles. The summed E-state index contributed by atoms with van der Waals surface area (Å²) in [6.45, 7) is 3.34. The Kier molecular flexibility index (Phi) is 11.9. The number of nitrogens with zero attached hydrogens (tertiary/aromatic N) is 9. The molecule has 0 radical (unpaired) electrons. The lowest BCUT2D eigenvalue weighted by Crippen LogP contribution is -2.40. The first kappa shape index (κ1) is 40.5. The molecule has 3 aromatic carbocycles. The molecule has 2 fully saturated rings. The lowest BCUT2D eigenvalue weighted by Gasteiger charge is -2.22. The Morgan fingerprint density at radius 3 is 2.26 bits per heavy atom. The number of aromatic nitrogens is 8. The fourth-order valence-corrected chi connectivity index (χ4v) is 8.09. The average Bonchev–Trinajstić information content (AvgIpc) is 4.03. The Bertz CT molecular complexity index is 2420. The number of halogens is 1. The van der Waals surface area contributed by atoms with Crippen molar-refractivity contribution in [3.05, 3.63) is 108 Å². The fourth-order valence-electron chi connectivity index (χ4n) is 7.58. The highest BCUT2D eigenvalue weighted by molar-refractivity contribution is 7.89. The summed E-state index contributed by atoms with van der Waals surface area (Å²) in [7, 11) is -3.86. The number of hydrogen-bond donors (Lipinski definition) is 6. The van der Waals surface area contributed by atoms with Crippen LogP contribution in [0.2, 0.25) is 0 Å². The molecule has 0 bridgehead atoms. The van der Waals surface area contributed by atoms with E-state index in [1.165, 1.54) is 29.1 Å². The Morgan fingerprint density at radius 1 is 0.948 bits per heavy atom. The zero-order valence-corrected chi connectivity index (χ0v) is 33.0. The minimum absolute atomic E-state index is 0. The van der Waals surface area contributed by atoms with Crippen molar-refractivity contribution in [3.8, 4) is 0 Å². The number of anilines is 3. The van der Waals surface area contributed by atoms with Crippen molar-refractivity contribution in [2.24, 2.45) is 5.14 Å². The number of benzene rings is 3. The minimum Gasteiger partial charge on any atom is -0.388 e. The van der Waals surface area contributed by atoms with Crippen molar-refractivity contribution in [3.63, 3.8) is 0 Å². The molecule has 18 nitrogen and oxygen atoms in total. The third-order valence-electron chi connectivity index (χ3n) is 10.6. The van der Waals surface area contributed by atoms with Gasteiger partial charge in [-0.25, -0.2) is 23.3 Å². The summed E-state index contributed by atoms with van der Waals surface area (Å²) in [5.74, 6) is 1.42. The van der Waals surface area contributed by atoms with Crippen LogP contribution in [0.15, 0.2) is 96.2 Å². The number of aliphatic hydroxyl groups is 2. The minimum atomic E-state index is -3.86. The number of aryl methyl sites for hydroxylation is 1. The molecule has 2 aliphatic rings. The summed E-state index contributed by atoms with van der Waals surface area (Å²) in [6.07, 6.45) is 0.768. The van der Waals surface area contributed by atoms with Gasteiger partial charge in [0.25, 0.3) is 0 Å². The number of rotatable bonds is 12. The van der Waals surface area contributed by atoms with Crippen LogP contribution in [0.4, 0.5) is 22.2 Å². The van der Waals surface area contributed by atoms with Crippen molar-refractivity contribution in [1.29, 1.82) is 0 Å².